The minimum atomic E-state index is -0.462. The summed E-state index contributed by atoms with van der Waals surface area (Å²) >= 11 is 0. The summed E-state index contributed by atoms with van der Waals surface area (Å²) in [5.74, 6) is -0.0784. The first-order valence-corrected chi connectivity index (χ1v) is 8.60. The molecule has 0 saturated carbocycles. The zero-order chi connectivity index (χ0) is 19.3. The number of benzene rings is 2. The Kier molecular flexibility index (Phi) is 6.05. The lowest BCUT2D eigenvalue weighted by atomic mass is 9.84. The van der Waals surface area contributed by atoms with Gasteiger partial charge in [0.15, 0.2) is 6.61 Å². The Labute approximate surface area is 155 Å². The molecule has 0 N–H and O–H groups in total. The second kappa shape index (κ2) is 8.05. The van der Waals surface area contributed by atoms with Gasteiger partial charge in [0.2, 0.25) is 0 Å². The Bertz CT molecular complexity index is 818. The molecule has 136 valence electrons. The molecule has 0 unspecified atom stereocenters. The van der Waals surface area contributed by atoms with Crippen molar-refractivity contribution in [2.24, 2.45) is 0 Å². The van der Waals surface area contributed by atoms with Gasteiger partial charge in [-0.1, -0.05) is 45.0 Å². The van der Waals surface area contributed by atoms with Crippen molar-refractivity contribution in [3.63, 3.8) is 0 Å². The third-order valence-electron chi connectivity index (χ3n) is 4.29. The summed E-state index contributed by atoms with van der Waals surface area (Å²) in [6.45, 7) is 10.6. The van der Waals surface area contributed by atoms with E-state index >= 15 is 0 Å². The second-order valence-corrected chi connectivity index (χ2v) is 7.40. The van der Waals surface area contributed by atoms with Gasteiger partial charge in [-0.15, -0.1) is 0 Å². The van der Waals surface area contributed by atoms with E-state index in [1.54, 1.807) is 24.3 Å². The van der Waals surface area contributed by atoms with Crippen LogP contribution < -0.4 is 4.74 Å². The van der Waals surface area contributed by atoms with Gasteiger partial charge in [0.05, 0.1) is 5.56 Å². The molecule has 0 saturated heterocycles. The van der Waals surface area contributed by atoms with Crippen LogP contribution >= 0.6 is 0 Å². The Morgan fingerprint density at radius 1 is 1.12 bits per heavy atom. The molecule has 0 atom stereocenters. The Hall–Kier alpha value is -2.80. The molecule has 0 heterocycles. The molecule has 0 aliphatic heterocycles. The van der Waals surface area contributed by atoms with Crippen molar-refractivity contribution >= 4 is 5.97 Å². The van der Waals surface area contributed by atoms with Gasteiger partial charge in [-0.05, 0) is 53.6 Å². The van der Waals surface area contributed by atoms with Crippen molar-refractivity contribution in [1.82, 2.24) is 0 Å². The molecule has 0 radical (unpaired) electrons. The maximum Gasteiger partial charge on any atom is 0.344 e. The third-order valence-corrected chi connectivity index (χ3v) is 4.29. The van der Waals surface area contributed by atoms with E-state index in [4.69, 9.17) is 14.7 Å². The van der Waals surface area contributed by atoms with E-state index in [0.29, 0.717) is 11.3 Å². The first kappa shape index (κ1) is 19.5. The monoisotopic (exact) mass is 351 g/mol. The smallest absolute Gasteiger partial charge is 0.344 e. The van der Waals surface area contributed by atoms with Crippen LogP contribution in [-0.4, -0.2) is 12.6 Å². The van der Waals surface area contributed by atoms with Gasteiger partial charge in [0, 0.05) is 0 Å². The van der Waals surface area contributed by atoms with Crippen LogP contribution in [0.1, 0.15) is 48.6 Å². The van der Waals surface area contributed by atoms with Crippen LogP contribution in [0.25, 0.3) is 0 Å². The third kappa shape index (κ3) is 4.86. The van der Waals surface area contributed by atoms with E-state index in [2.05, 4.69) is 32.9 Å². The largest absolute Gasteiger partial charge is 0.481 e. The summed E-state index contributed by atoms with van der Waals surface area (Å²) in [7, 11) is 0. The molecule has 26 heavy (non-hydrogen) atoms. The van der Waals surface area contributed by atoms with Gasteiger partial charge in [-0.25, -0.2) is 4.79 Å². The van der Waals surface area contributed by atoms with E-state index in [1.165, 1.54) is 5.56 Å². The molecule has 4 heteroatoms. The topological polar surface area (TPSA) is 59.3 Å². The van der Waals surface area contributed by atoms with E-state index in [9.17, 15) is 4.79 Å². The van der Waals surface area contributed by atoms with Gasteiger partial charge in [-0.2, -0.15) is 5.26 Å². The molecule has 0 amide bonds. The molecule has 2 aromatic rings. The number of rotatable bonds is 5. The highest BCUT2D eigenvalue weighted by Crippen LogP contribution is 2.27. The van der Waals surface area contributed by atoms with Gasteiger partial charge >= 0.3 is 5.97 Å². The molecule has 2 rings (SSSR count). The lowest BCUT2D eigenvalue weighted by Gasteiger charge is -2.22. The zero-order valence-corrected chi connectivity index (χ0v) is 16.1. The standard InChI is InChI=1S/C22H25NO3/c1-15-10-18(22(3,4)5)11-16(2)19(15)13-26-21(24)14-25-20-9-7-6-8-17(20)12-23/h6-11H,13-14H2,1-5H3. The molecule has 0 spiro atoms. The van der Waals surface area contributed by atoms with Crippen LogP contribution in [0.5, 0.6) is 5.75 Å². The quantitative estimate of drug-likeness (QED) is 0.739. The van der Waals surface area contributed by atoms with Gasteiger partial charge < -0.3 is 9.47 Å². The van der Waals surface area contributed by atoms with Crippen LogP contribution in [0.15, 0.2) is 36.4 Å². The summed E-state index contributed by atoms with van der Waals surface area (Å²) in [5, 5.41) is 9.03. The number of hydrogen-bond donors (Lipinski definition) is 0. The molecule has 0 bridgehead atoms. The Balaban J connectivity index is 1.98. The molecule has 4 nitrogen and oxygen atoms in total. The number of hydrogen-bond acceptors (Lipinski definition) is 4. The predicted molar refractivity (Wildman–Crippen MR) is 101 cm³/mol. The molecular formula is C22H25NO3. The second-order valence-electron chi connectivity index (χ2n) is 7.40. The van der Waals surface area contributed by atoms with Crippen molar-refractivity contribution in [2.45, 2.75) is 46.6 Å². The fraction of sp³-hybridized carbons (Fsp3) is 0.364. The molecule has 2 aromatic carbocycles. The number of nitriles is 1. The number of aryl methyl sites for hydroxylation is 2. The van der Waals surface area contributed by atoms with Gasteiger partial charge in [0.25, 0.3) is 0 Å². The molecule has 0 aliphatic rings. The van der Waals surface area contributed by atoms with Crippen LogP contribution in [0.4, 0.5) is 0 Å². The number of carbonyl (C=O) groups excluding carboxylic acids is 1. The van der Waals surface area contributed by atoms with Crippen molar-refractivity contribution in [3.05, 3.63) is 64.2 Å². The first-order valence-electron chi connectivity index (χ1n) is 8.60. The highest BCUT2D eigenvalue weighted by molar-refractivity contribution is 5.71. The van der Waals surface area contributed by atoms with Gasteiger partial charge in [-0.3, -0.25) is 0 Å². The Morgan fingerprint density at radius 2 is 1.73 bits per heavy atom. The minimum Gasteiger partial charge on any atom is -0.481 e. The van der Waals surface area contributed by atoms with Crippen molar-refractivity contribution in [3.8, 4) is 11.8 Å². The van der Waals surface area contributed by atoms with E-state index < -0.39 is 5.97 Å². The highest BCUT2D eigenvalue weighted by Gasteiger charge is 2.17. The first-order chi connectivity index (χ1) is 12.2. The summed E-state index contributed by atoms with van der Waals surface area (Å²) in [6.07, 6.45) is 0. The molecule has 0 fully saturated rings. The molecular weight excluding hydrogens is 326 g/mol. The number of nitrogens with zero attached hydrogens (tertiary/aromatic N) is 1. The number of para-hydroxylation sites is 1. The molecule has 0 aliphatic carbocycles. The van der Waals surface area contributed by atoms with E-state index in [1.807, 2.05) is 19.9 Å². The van der Waals surface area contributed by atoms with E-state index in [-0.39, 0.29) is 18.6 Å². The number of esters is 1. The number of ether oxygens (including phenoxy) is 2. The normalized spacial score (nSPS) is 10.9. The van der Waals surface area contributed by atoms with Crippen LogP contribution in [0.2, 0.25) is 0 Å². The maximum atomic E-state index is 12.0. The van der Waals surface area contributed by atoms with Crippen molar-refractivity contribution in [2.75, 3.05) is 6.61 Å². The SMILES string of the molecule is Cc1cc(C(C)(C)C)cc(C)c1COC(=O)COc1ccccc1C#N. The summed E-state index contributed by atoms with van der Waals surface area (Å²) in [6, 6.07) is 13.1. The highest BCUT2D eigenvalue weighted by atomic mass is 16.6. The average Bonchev–Trinajstić information content (AvgIpc) is 2.58. The van der Waals surface area contributed by atoms with Crippen molar-refractivity contribution in [1.29, 1.82) is 5.26 Å². The fourth-order valence-corrected chi connectivity index (χ4v) is 2.67. The van der Waals surface area contributed by atoms with Crippen LogP contribution in [-0.2, 0) is 21.6 Å². The van der Waals surface area contributed by atoms with Gasteiger partial charge in [0.1, 0.15) is 18.4 Å². The summed E-state index contributed by atoms with van der Waals surface area (Å²) < 4.78 is 10.8. The predicted octanol–water partition coefficient (Wildman–Crippen LogP) is 4.59. The average molecular weight is 351 g/mol. The lowest BCUT2D eigenvalue weighted by molar-refractivity contribution is -0.147. The number of carbonyl (C=O) groups is 1. The maximum absolute atomic E-state index is 12.0. The summed E-state index contributed by atoms with van der Waals surface area (Å²) in [4.78, 5) is 12.0. The minimum absolute atomic E-state index is 0.0761. The lowest BCUT2D eigenvalue weighted by Crippen LogP contribution is -2.16. The Morgan fingerprint density at radius 3 is 2.31 bits per heavy atom. The van der Waals surface area contributed by atoms with Crippen molar-refractivity contribution < 1.29 is 14.3 Å². The summed E-state index contributed by atoms with van der Waals surface area (Å²) in [5.41, 5.74) is 4.97. The van der Waals surface area contributed by atoms with Crippen LogP contribution in [0.3, 0.4) is 0 Å². The zero-order valence-electron chi connectivity index (χ0n) is 16.1. The van der Waals surface area contributed by atoms with E-state index in [0.717, 1.165) is 16.7 Å². The fourth-order valence-electron chi connectivity index (χ4n) is 2.67. The molecule has 0 aromatic heterocycles. The van der Waals surface area contributed by atoms with Crippen LogP contribution in [0, 0.1) is 25.2 Å².